The maximum atomic E-state index is 13.5. The molecular weight excluding hydrogens is 398 g/mol. The monoisotopic (exact) mass is 429 g/mol. The first kappa shape index (κ1) is 22.0. The van der Waals surface area contributed by atoms with E-state index >= 15 is 0 Å². The molecule has 0 unspecified atom stereocenters. The number of aromatic nitrogens is 1. The Hall–Kier alpha value is -3.18. The number of amides is 1. The largest absolute Gasteiger partial charge is 0.508 e. The molecule has 1 amide bonds. The van der Waals surface area contributed by atoms with Crippen molar-refractivity contribution in [2.45, 2.75) is 26.3 Å². The van der Waals surface area contributed by atoms with E-state index in [1.54, 1.807) is 12.3 Å². The molecule has 1 atom stereocenters. The molecule has 1 saturated heterocycles. The molecule has 5 heteroatoms. The van der Waals surface area contributed by atoms with Crippen LogP contribution in [0.3, 0.4) is 0 Å². The summed E-state index contributed by atoms with van der Waals surface area (Å²) in [5.41, 5.74) is 4.45. The van der Waals surface area contributed by atoms with Crippen LogP contribution in [0.2, 0.25) is 0 Å². The Balaban J connectivity index is 1.59. The Morgan fingerprint density at radius 3 is 2.72 bits per heavy atom. The van der Waals surface area contributed by atoms with Crippen molar-refractivity contribution in [3.05, 3.63) is 84.2 Å². The molecule has 2 heterocycles. The number of hydrogen-bond acceptors (Lipinski definition) is 4. The number of rotatable bonds is 7. The van der Waals surface area contributed by atoms with E-state index in [1.165, 1.54) is 5.56 Å². The fourth-order valence-corrected chi connectivity index (χ4v) is 4.58. The molecule has 166 valence electrons. The lowest BCUT2D eigenvalue weighted by molar-refractivity contribution is -0.134. The van der Waals surface area contributed by atoms with Crippen LogP contribution in [0.1, 0.15) is 24.5 Å². The van der Waals surface area contributed by atoms with E-state index in [1.807, 2.05) is 47.5 Å². The number of benzene rings is 2. The molecule has 0 spiro atoms. The van der Waals surface area contributed by atoms with Crippen LogP contribution >= 0.6 is 0 Å². The zero-order valence-corrected chi connectivity index (χ0v) is 18.7. The fourth-order valence-electron chi connectivity index (χ4n) is 4.58. The summed E-state index contributed by atoms with van der Waals surface area (Å²) in [5, 5.41) is 9.85. The zero-order chi connectivity index (χ0) is 22.3. The predicted octanol–water partition coefficient (Wildman–Crippen LogP) is 4.37. The van der Waals surface area contributed by atoms with Gasteiger partial charge in [0.05, 0.1) is 5.92 Å². The molecule has 4 rings (SSSR count). The molecule has 32 heavy (non-hydrogen) atoms. The number of phenolic OH excluding ortho intramolecular Hbond substituents is 1. The lowest BCUT2D eigenvalue weighted by atomic mass is 9.91. The third kappa shape index (κ3) is 5.35. The van der Waals surface area contributed by atoms with Gasteiger partial charge >= 0.3 is 0 Å². The normalized spacial score (nSPS) is 17.3. The Morgan fingerprint density at radius 2 is 1.94 bits per heavy atom. The van der Waals surface area contributed by atoms with Gasteiger partial charge in [-0.15, -0.1) is 0 Å². The first-order chi connectivity index (χ1) is 15.6. The van der Waals surface area contributed by atoms with E-state index in [0.29, 0.717) is 13.0 Å². The fraction of sp³-hybridized carbons (Fsp3) is 0.333. The molecule has 3 aromatic rings. The highest BCUT2D eigenvalue weighted by atomic mass is 16.3. The molecular formula is C27H31N3O2. The van der Waals surface area contributed by atoms with Crippen LogP contribution in [0.5, 0.6) is 5.75 Å². The quantitative estimate of drug-likeness (QED) is 0.606. The molecule has 0 bridgehead atoms. The Morgan fingerprint density at radius 1 is 1.06 bits per heavy atom. The molecule has 1 N–H and O–H groups in total. The van der Waals surface area contributed by atoms with Gasteiger partial charge < -0.3 is 10.0 Å². The van der Waals surface area contributed by atoms with E-state index in [4.69, 9.17) is 0 Å². The minimum absolute atomic E-state index is 0.112. The van der Waals surface area contributed by atoms with Gasteiger partial charge in [0.15, 0.2) is 0 Å². The number of nitrogens with zero attached hydrogens (tertiary/aromatic N) is 3. The predicted molar refractivity (Wildman–Crippen MR) is 127 cm³/mol. The van der Waals surface area contributed by atoms with Gasteiger partial charge in [-0.05, 0) is 47.7 Å². The Kier molecular flexibility index (Phi) is 7.17. The van der Waals surface area contributed by atoms with E-state index in [2.05, 4.69) is 35.0 Å². The summed E-state index contributed by atoms with van der Waals surface area (Å²) in [6.45, 7) is 5.92. The zero-order valence-electron chi connectivity index (χ0n) is 18.7. The molecule has 0 aliphatic carbocycles. The lowest BCUT2D eigenvalue weighted by Gasteiger charge is -2.25. The average molecular weight is 430 g/mol. The highest BCUT2D eigenvalue weighted by molar-refractivity contribution is 5.80. The van der Waals surface area contributed by atoms with Crippen LogP contribution in [0.25, 0.3) is 11.1 Å². The van der Waals surface area contributed by atoms with Crippen LogP contribution in [0.4, 0.5) is 0 Å². The standard InChI is InChI=1S/C27H31N3O2/c1-2-13-30-15-14-29(19-21-7-5-10-25(31)16-21)20-24(27(30)32)17-22-8-3-4-11-26(22)23-9-6-12-28-18-23/h3-12,16,18,24,31H,2,13-15,17,19-20H2,1H3/t24-/m1/s1. The minimum Gasteiger partial charge on any atom is -0.508 e. The van der Waals surface area contributed by atoms with Crippen molar-refractivity contribution >= 4 is 5.91 Å². The topological polar surface area (TPSA) is 56.7 Å². The number of pyridine rings is 1. The summed E-state index contributed by atoms with van der Waals surface area (Å²) in [4.78, 5) is 22.1. The summed E-state index contributed by atoms with van der Waals surface area (Å²) in [6.07, 6.45) is 5.31. The van der Waals surface area contributed by atoms with E-state index < -0.39 is 0 Å². The van der Waals surface area contributed by atoms with Gasteiger partial charge in [0.25, 0.3) is 0 Å². The van der Waals surface area contributed by atoms with Gasteiger partial charge in [0.2, 0.25) is 5.91 Å². The Bertz CT molecular complexity index is 1040. The molecule has 5 nitrogen and oxygen atoms in total. The second-order valence-corrected chi connectivity index (χ2v) is 8.53. The first-order valence-electron chi connectivity index (χ1n) is 11.4. The van der Waals surface area contributed by atoms with E-state index in [-0.39, 0.29) is 17.6 Å². The summed E-state index contributed by atoms with van der Waals surface area (Å²) in [7, 11) is 0. The summed E-state index contributed by atoms with van der Waals surface area (Å²) >= 11 is 0. The van der Waals surface area contributed by atoms with Crippen molar-refractivity contribution in [1.82, 2.24) is 14.8 Å². The van der Waals surface area contributed by atoms with Crippen molar-refractivity contribution in [3.63, 3.8) is 0 Å². The van der Waals surface area contributed by atoms with Gasteiger partial charge in [-0.2, -0.15) is 0 Å². The van der Waals surface area contributed by atoms with Gasteiger partial charge in [0, 0.05) is 50.7 Å². The van der Waals surface area contributed by atoms with Crippen molar-refractivity contribution in [2.24, 2.45) is 5.92 Å². The smallest absolute Gasteiger partial charge is 0.227 e. The van der Waals surface area contributed by atoms with Crippen molar-refractivity contribution < 1.29 is 9.90 Å². The molecule has 1 aliphatic rings. The van der Waals surface area contributed by atoms with Crippen molar-refractivity contribution in [2.75, 3.05) is 26.2 Å². The molecule has 1 aromatic heterocycles. The first-order valence-corrected chi connectivity index (χ1v) is 11.4. The number of carbonyl (C=O) groups is 1. The summed E-state index contributed by atoms with van der Waals surface area (Å²) in [5.74, 6) is 0.411. The Labute approximate surface area is 190 Å². The highest BCUT2D eigenvalue weighted by Gasteiger charge is 2.30. The lowest BCUT2D eigenvalue weighted by Crippen LogP contribution is -2.37. The van der Waals surface area contributed by atoms with E-state index in [0.717, 1.165) is 49.3 Å². The van der Waals surface area contributed by atoms with Crippen LogP contribution in [-0.4, -0.2) is 52.0 Å². The van der Waals surface area contributed by atoms with Gasteiger partial charge in [-0.25, -0.2) is 0 Å². The SMILES string of the molecule is CCCN1CCN(Cc2cccc(O)c2)C[C@@H](Cc2ccccc2-c2cccnc2)C1=O. The maximum absolute atomic E-state index is 13.5. The molecule has 0 saturated carbocycles. The van der Waals surface area contributed by atoms with Crippen molar-refractivity contribution in [1.29, 1.82) is 0 Å². The minimum atomic E-state index is -0.112. The van der Waals surface area contributed by atoms with Crippen molar-refractivity contribution in [3.8, 4) is 16.9 Å². The third-order valence-corrected chi connectivity index (χ3v) is 6.09. The average Bonchev–Trinajstić information content (AvgIpc) is 2.94. The van der Waals surface area contributed by atoms with Gasteiger partial charge in [-0.3, -0.25) is 14.7 Å². The van der Waals surface area contributed by atoms with Crippen LogP contribution in [-0.2, 0) is 17.8 Å². The number of carbonyl (C=O) groups excluding carboxylic acids is 1. The summed E-state index contributed by atoms with van der Waals surface area (Å²) < 4.78 is 0. The van der Waals surface area contributed by atoms with E-state index in [9.17, 15) is 9.90 Å². The summed E-state index contributed by atoms with van der Waals surface area (Å²) in [6, 6.07) is 19.7. The number of aromatic hydroxyl groups is 1. The third-order valence-electron chi connectivity index (χ3n) is 6.09. The van der Waals surface area contributed by atoms with Crippen LogP contribution < -0.4 is 0 Å². The second-order valence-electron chi connectivity index (χ2n) is 8.53. The molecule has 1 fully saturated rings. The molecule has 2 aromatic carbocycles. The van der Waals surface area contributed by atoms with Crippen LogP contribution in [0, 0.1) is 5.92 Å². The highest BCUT2D eigenvalue weighted by Crippen LogP contribution is 2.27. The molecule has 0 radical (unpaired) electrons. The number of hydrogen-bond donors (Lipinski definition) is 1. The van der Waals surface area contributed by atoms with Gasteiger partial charge in [-0.1, -0.05) is 49.4 Å². The maximum Gasteiger partial charge on any atom is 0.227 e. The van der Waals surface area contributed by atoms with Crippen LogP contribution in [0.15, 0.2) is 73.1 Å². The number of phenols is 1. The molecule has 1 aliphatic heterocycles. The van der Waals surface area contributed by atoms with Gasteiger partial charge in [0.1, 0.15) is 5.75 Å². The second kappa shape index (κ2) is 10.4.